The average Bonchev–Trinajstić information content (AvgIpc) is 2.63. The van der Waals surface area contributed by atoms with Crippen molar-refractivity contribution in [2.45, 2.75) is 0 Å². The summed E-state index contributed by atoms with van der Waals surface area (Å²) in [5.41, 5.74) is -0.0290. The smallest absolute Gasteiger partial charge is 0.0906 e. The molecule has 1 fully saturated rings. The van der Waals surface area contributed by atoms with Crippen LogP contribution in [0.5, 0.6) is 0 Å². The minimum Gasteiger partial charge on any atom is -0.396 e. The van der Waals surface area contributed by atoms with E-state index in [4.69, 9.17) is 4.74 Å². The Hall–Kier alpha value is -0.580. The van der Waals surface area contributed by atoms with Crippen LogP contribution in [-0.4, -0.2) is 38.5 Å². The molecule has 1 aromatic rings. The number of thiophene rings is 1. The molecule has 0 aromatic carbocycles. The van der Waals surface area contributed by atoms with Gasteiger partial charge in [0.25, 0.3) is 0 Å². The lowest BCUT2D eigenvalue weighted by molar-refractivity contribution is -0.130. The van der Waals surface area contributed by atoms with Crippen molar-refractivity contribution < 1.29 is 9.84 Å². The average molecular weight is 213 g/mol. The first-order valence-electron chi connectivity index (χ1n) is 4.69. The minimum atomic E-state index is -0.0290. The Morgan fingerprint density at radius 2 is 2.43 bits per heavy atom. The van der Waals surface area contributed by atoms with Crippen LogP contribution in [0.25, 0.3) is 0 Å². The lowest BCUT2D eigenvalue weighted by atomic mass is 9.86. The van der Waals surface area contributed by atoms with E-state index in [0.717, 1.165) is 6.54 Å². The first kappa shape index (κ1) is 9.96. The van der Waals surface area contributed by atoms with Gasteiger partial charge in [-0.05, 0) is 17.5 Å². The molecule has 1 N–H and O–H groups in total. The third kappa shape index (κ3) is 1.78. The number of aliphatic hydroxyl groups is 1. The highest BCUT2D eigenvalue weighted by Gasteiger charge is 2.39. The van der Waals surface area contributed by atoms with Gasteiger partial charge in [-0.1, -0.05) is 0 Å². The number of aliphatic hydroxyl groups excluding tert-OH is 1. The summed E-state index contributed by atoms with van der Waals surface area (Å²) in [5, 5.41) is 12.6. The molecule has 2 rings (SSSR count). The topological polar surface area (TPSA) is 32.7 Å². The van der Waals surface area contributed by atoms with E-state index in [1.54, 1.807) is 11.3 Å². The zero-order valence-electron chi connectivity index (χ0n) is 8.27. The van der Waals surface area contributed by atoms with E-state index in [1.807, 2.05) is 6.07 Å². The maximum atomic E-state index is 9.28. The van der Waals surface area contributed by atoms with E-state index in [-0.39, 0.29) is 12.0 Å². The third-order valence-corrected chi connectivity index (χ3v) is 3.59. The van der Waals surface area contributed by atoms with E-state index in [2.05, 4.69) is 23.4 Å². The second kappa shape index (κ2) is 3.88. The molecule has 1 aliphatic rings. The Labute approximate surface area is 87.9 Å². The number of nitrogens with zero attached hydrogens (tertiary/aromatic N) is 1. The molecule has 0 aliphatic carbocycles. The summed E-state index contributed by atoms with van der Waals surface area (Å²) < 4.78 is 5.16. The molecule has 3 nitrogen and oxygen atoms in total. The molecule has 2 heterocycles. The summed E-state index contributed by atoms with van der Waals surface area (Å²) in [5.74, 6) is 0. The fourth-order valence-corrected chi connectivity index (χ4v) is 2.39. The van der Waals surface area contributed by atoms with Crippen LogP contribution in [0.2, 0.25) is 0 Å². The molecule has 0 spiro atoms. The largest absolute Gasteiger partial charge is 0.396 e. The normalized spacial score (nSPS) is 19.0. The molecular weight excluding hydrogens is 198 g/mol. The SMILES string of the molecule is CN(CC1(CO)COC1)c1cccs1. The first-order chi connectivity index (χ1) is 6.76. The predicted molar refractivity (Wildman–Crippen MR) is 57.9 cm³/mol. The number of ether oxygens (including phenoxy) is 1. The zero-order valence-corrected chi connectivity index (χ0v) is 9.09. The van der Waals surface area contributed by atoms with Crippen molar-refractivity contribution >= 4 is 16.3 Å². The molecule has 14 heavy (non-hydrogen) atoms. The van der Waals surface area contributed by atoms with E-state index < -0.39 is 0 Å². The number of rotatable bonds is 4. The van der Waals surface area contributed by atoms with Crippen LogP contribution in [-0.2, 0) is 4.74 Å². The minimum absolute atomic E-state index is 0.0290. The quantitative estimate of drug-likeness (QED) is 0.815. The predicted octanol–water partition coefficient (Wildman–Crippen LogP) is 1.19. The summed E-state index contributed by atoms with van der Waals surface area (Å²) in [6, 6.07) is 4.13. The molecule has 0 saturated carbocycles. The maximum Gasteiger partial charge on any atom is 0.0906 e. The van der Waals surface area contributed by atoms with Crippen LogP contribution in [0.1, 0.15) is 0 Å². The van der Waals surface area contributed by atoms with Crippen LogP contribution >= 0.6 is 11.3 Å². The van der Waals surface area contributed by atoms with Crippen molar-refractivity contribution in [1.29, 1.82) is 0 Å². The van der Waals surface area contributed by atoms with Crippen molar-refractivity contribution in [3.05, 3.63) is 17.5 Å². The lowest BCUT2D eigenvalue weighted by Crippen LogP contribution is -2.52. The second-order valence-corrected chi connectivity index (χ2v) is 4.88. The molecule has 0 amide bonds. The number of hydrogen-bond acceptors (Lipinski definition) is 4. The van der Waals surface area contributed by atoms with E-state index in [0.29, 0.717) is 13.2 Å². The van der Waals surface area contributed by atoms with Gasteiger partial charge in [-0.2, -0.15) is 0 Å². The summed E-state index contributed by atoms with van der Waals surface area (Å²) in [6.07, 6.45) is 0. The Balaban J connectivity index is 1.97. The number of anilines is 1. The van der Waals surface area contributed by atoms with Gasteiger partial charge in [0.2, 0.25) is 0 Å². The highest BCUT2D eigenvalue weighted by atomic mass is 32.1. The summed E-state index contributed by atoms with van der Waals surface area (Å²) in [6.45, 7) is 2.44. The van der Waals surface area contributed by atoms with Crippen molar-refractivity contribution in [3.8, 4) is 0 Å². The molecule has 1 aliphatic heterocycles. The van der Waals surface area contributed by atoms with Crippen molar-refractivity contribution in [2.75, 3.05) is 38.3 Å². The Morgan fingerprint density at radius 1 is 1.64 bits per heavy atom. The molecule has 78 valence electrons. The highest BCUT2D eigenvalue weighted by molar-refractivity contribution is 7.14. The van der Waals surface area contributed by atoms with Gasteiger partial charge in [0, 0.05) is 13.6 Å². The van der Waals surface area contributed by atoms with Gasteiger partial charge >= 0.3 is 0 Å². The van der Waals surface area contributed by atoms with E-state index in [1.165, 1.54) is 5.00 Å². The second-order valence-electron chi connectivity index (χ2n) is 3.96. The Bertz CT molecular complexity index is 277. The van der Waals surface area contributed by atoms with Crippen LogP contribution in [0.15, 0.2) is 17.5 Å². The van der Waals surface area contributed by atoms with Gasteiger partial charge in [-0.15, -0.1) is 11.3 Å². The monoisotopic (exact) mass is 213 g/mol. The third-order valence-electron chi connectivity index (χ3n) is 2.61. The van der Waals surface area contributed by atoms with Gasteiger partial charge in [0.05, 0.1) is 30.2 Å². The molecular formula is C10H15NO2S. The summed E-state index contributed by atoms with van der Waals surface area (Å²) in [7, 11) is 2.06. The van der Waals surface area contributed by atoms with Gasteiger partial charge in [0.15, 0.2) is 0 Å². The van der Waals surface area contributed by atoms with Gasteiger partial charge in [0.1, 0.15) is 0 Å². The Kier molecular flexibility index (Phi) is 2.76. The van der Waals surface area contributed by atoms with Gasteiger partial charge in [-0.25, -0.2) is 0 Å². The van der Waals surface area contributed by atoms with Crippen molar-refractivity contribution in [1.82, 2.24) is 0 Å². The molecule has 0 radical (unpaired) electrons. The molecule has 0 atom stereocenters. The molecule has 0 unspecified atom stereocenters. The fourth-order valence-electron chi connectivity index (χ4n) is 1.69. The van der Waals surface area contributed by atoms with E-state index in [9.17, 15) is 5.11 Å². The fraction of sp³-hybridized carbons (Fsp3) is 0.600. The van der Waals surface area contributed by atoms with Crippen LogP contribution in [0, 0.1) is 5.41 Å². The van der Waals surface area contributed by atoms with Crippen molar-refractivity contribution in [3.63, 3.8) is 0 Å². The summed E-state index contributed by atoms with van der Waals surface area (Å²) >= 11 is 1.72. The first-order valence-corrected chi connectivity index (χ1v) is 5.57. The molecule has 1 saturated heterocycles. The van der Waals surface area contributed by atoms with Crippen LogP contribution < -0.4 is 4.90 Å². The molecule has 1 aromatic heterocycles. The van der Waals surface area contributed by atoms with Crippen LogP contribution in [0.4, 0.5) is 5.00 Å². The maximum absolute atomic E-state index is 9.28. The lowest BCUT2D eigenvalue weighted by Gasteiger charge is -2.42. The van der Waals surface area contributed by atoms with Crippen molar-refractivity contribution in [2.24, 2.45) is 5.41 Å². The summed E-state index contributed by atoms with van der Waals surface area (Å²) in [4.78, 5) is 2.18. The Morgan fingerprint density at radius 3 is 2.86 bits per heavy atom. The molecule has 4 heteroatoms. The van der Waals surface area contributed by atoms with Crippen LogP contribution in [0.3, 0.4) is 0 Å². The zero-order chi connectivity index (χ0) is 10.0. The standard InChI is InChI=1S/C10H15NO2S/c1-11(9-3-2-4-14-9)5-10(6-12)7-13-8-10/h2-4,12H,5-8H2,1H3. The van der Waals surface area contributed by atoms with E-state index >= 15 is 0 Å². The van der Waals surface area contributed by atoms with Gasteiger partial charge in [-0.3, -0.25) is 0 Å². The van der Waals surface area contributed by atoms with Gasteiger partial charge < -0.3 is 14.7 Å². The number of hydrogen-bond donors (Lipinski definition) is 1. The molecule has 0 bridgehead atoms. The highest BCUT2D eigenvalue weighted by Crippen LogP contribution is 2.30.